The molecule has 0 spiro atoms. The molecule has 2 aromatic heterocycles. The molecular formula is C26H19N3O3S. The summed E-state index contributed by atoms with van der Waals surface area (Å²) in [5.41, 5.74) is 2.70. The number of ketones is 1. The Labute approximate surface area is 194 Å². The van der Waals surface area contributed by atoms with E-state index < -0.39 is 23.5 Å². The first kappa shape index (κ1) is 20.8. The molecule has 1 aliphatic heterocycles. The van der Waals surface area contributed by atoms with E-state index in [1.54, 1.807) is 55.7 Å². The van der Waals surface area contributed by atoms with E-state index in [-0.39, 0.29) is 5.57 Å². The average molecular weight is 454 g/mol. The molecule has 4 aromatic rings. The van der Waals surface area contributed by atoms with Gasteiger partial charge in [-0.1, -0.05) is 54.6 Å². The lowest BCUT2D eigenvalue weighted by atomic mass is 9.96. The molecule has 5 rings (SSSR count). The number of pyridine rings is 1. The molecule has 162 valence electrons. The fourth-order valence-corrected chi connectivity index (χ4v) is 5.00. The van der Waals surface area contributed by atoms with Crippen molar-refractivity contribution in [2.24, 2.45) is 0 Å². The Balaban J connectivity index is 1.62. The number of hydrogen-bond acceptors (Lipinski definition) is 6. The summed E-state index contributed by atoms with van der Waals surface area (Å²) in [6.07, 6.45) is 3.23. The molecular weight excluding hydrogens is 434 g/mol. The summed E-state index contributed by atoms with van der Waals surface area (Å²) >= 11 is 1.25. The highest BCUT2D eigenvalue weighted by atomic mass is 32.1. The maximum atomic E-state index is 13.8. The molecule has 0 fully saturated rings. The Morgan fingerprint density at radius 1 is 1.00 bits per heavy atom. The van der Waals surface area contributed by atoms with Crippen LogP contribution in [0.1, 0.15) is 27.0 Å². The van der Waals surface area contributed by atoms with Crippen LogP contribution in [0.15, 0.2) is 96.5 Å². The summed E-state index contributed by atoms with van der Waals surface area (Å²) in [7, 11) is 0. The number of rotatable bonds is 5. The minimum atomic E-state index is -0.803. The molecule has 1 amide bonds. The third-order valence-corrected chi connectivity index (χ3v) is 6.72. The van der Waals surface area contributed by atoms with Crippen LogP contribution in [0.25, 0.3) is 10.6 Å². The van der Waals surface area contributed by atoms with E-state index >= 15 is 0 Å². The second-order valence-corrected chi connectivity index (χ2v) is 8.59. The van der Waals surface area contributed by atoms with Gasteiger partial charge in [0.25, 0.3) is 5.91 Å². The van der Waals surface area contributed by atoms with Crippen LogP contribution in [-0.4, -0.2) is 26.8 Å². The van der Waals surface area contributed by atoms with Crippen LogP contribution < -0.4 is 4.90 Å². The van der Waals surface area contributed by atoms with E-state index in [4.69, 9.17) is 0 Å². The molecule has 7 heteroatoms. The zero-order valence-corrected chi connectivity index (χ0v) is 18.5. The molecule has 0 aliphatic carbocycles. The number of carbonyl (C=O) groups is 2. The van der Waals surface area contributed by atoms with Crippen molar-refractivity contribution in [1.82, 2.24) is 9.97 Å². The number of hydrogen-bond donors (Lipinski definition) is 1. The van der Waals surface area contributed by atoms with Crippen LogP contribution in [-0.2, 0) is 4.79 Å². The summed E-state index contributed by atoms with van der Waals surface area (Å²) in [5.74, 6) is -1.58. The van der Waals surface area contributed by atoms with E-state index in [1.807, 2.05) is 36.4 Å². The fraction of sp³-hybridized carbons (Fsp3) is 0.0769. The van der Waals surface area contributed by atoms with E-state index in [0.717, 1.165) is 5.56 Å². The second kappa shape index (κ2) is 8.44. The maximum absolute atomic E-state index is 13.8. The lowest BCUT2D eigenvalue weighted by molar-refractivity contribution is -0.117. The van der Waals surface area contributed by atoms with Crippen molar-refractivity contribution in [3.05, 3.63) is 113 Å². The summed E-state index contributed by atoms with van der Waals surface area (Å²) in [6.45, 7) is 1.76. The Hall–Kier alpha value is -4.10. The van der Waals surface area contributed by atoms with Crippen molar-refractivity contribution in [3.63, 3.8) is 0 Å². The number of benzene rings is 2. The first-order valence-electron chi connectivity index (χ1n) is 10.4. The van der Waals surface area contributed by atoms with Gasteiger partial charge < -0.3 is 5.11 Å². The van der Waals surface area contributed by atoms with Crippen LogP contribution in [0.4, 0.5) is 5.69 Å². The van der Waals surface area contributed by atoms with Crippen LogP contribution in [0.5, 0.6) is 0 Å². The first-order chi connectivity index (χ1) is 16.1. The molecule has 2 aromatic carbocycles. The molecule has 0 saturated carbocycles. The Bertz CT molecular complexity index is 1370. The first-order valence-corrected chi connectivity index (χ1v) is 11.2. The van der Waals surface area contributed by atoms with Gasteiger partial charge in [-0.05, 0) is 30.7 Å². The SMILES string of the molecule is Cc1nc(-c2ccccc2)sc1C(=O)C1=C(O)C(=O)N(c2ccccc2)C1c1cccnc1. The predicted octanol–water partition coefficient (Wildman–Crippen LogP) is 5.30. The summed E-state index contributed by atoms with van der Waals surface area (Å²) in [4.78, 5) is 37.5. The quantitative estimate of drug-likeness (QED) is 0.415. The van der Waals surface area contributed by atoms with Crippen molar-refractivity contribution in [2.45, 2.75) is 13.0 Å². The third kappa shape index (κ3) is 3.62. The number of Topliss-reactive ketones (excluding diaryl/α,β-unsaturated/α-hetero) is 1. The Morgan fingerprint density at radius 3 is 2.36 bits per heavy atom. The smallest absolute Gasteiger partial charge is 0.294 e. The Morgan fingerprint density at radius 2 is 1.70 bits per heavy atom. The molecule has 6 nitrogen and oxygen atoms in total. The number of para-hydroxylation sites is 1. The van der Waals surface area contributed by atoms with Gasteiger partial charge in [0.15, 0.2) is 5.76 Å². The van der Waals surface area contributed by atoms with Crippen LogP contribution in [0.3, 0.4) is 0 Å². The number of anilines is 1. The van der Waals surface area contributed by atoms with Gasteiger partial charge in [0.05, 0.1) is 22.2 Å². The second-order valence-electron chi connectivity index (χ2n) is 7.59. The Kier molecular flexibility index (Phi) is 5.32. The van der Waals surface area contributed by atoms with Crippen LogP contribution >= 0.6 is 11.3 Å². The summed E-state index contributed by atoms with van der Waals surface area (Å²) < 4.78 is 0. The molecule has 1 N–H and O–H groups in total. The fourth-order valence-electron chi connectivity index (χ4n) is 3.98. The van der Waals surface area contributed by atoms with Gasteiger partial charge in [0, 0.05) is 23.6 Å². The zero-order chi connectivity index (χ0) is 22.9. The van der Waals surface area contributed by atoms with Crippen LogP contribution in [0.2, 0.25) is 0 Å². The minimum Gasteiger partial charge on any atom is -0.503 e. The van der Waals surface area contributed by atoms with Gasteiger partial charge in [0.1, 0.15) is 5.01 Å². The molecule has 33 heavy (non-hydrogen) atoms. The van der Waals surface area contributed by atoms with E-state index in [2.05, 4.69) is 9.97 Å². The van der Waals surface area contributed by atoms with E-state index in [0.29, 0.717) is 26.8 Å². The number of aliphatic hydroxyl groups is 1. The highest BCUT2D eigenvalue weighted by Gasteiger charge is 2.45. The van der Waals surface area contributed by atoms with E-state index in [9.17, 15) is 14.7 Å². The van der Waals surface area contributed by atoms with Gasteiger partial charge >= 0.3 is 0 Å². The van der Waals surface area contributed by atoms with Gasteiger partial charge in [-0.25, -0.2) is 4.98 Å². The normalized spacial score (nSPS) is 15.8. The minimum absolute atomic E-state index is 0.0308. The average Bonchev–Trinajstić information content (AvgIpc) is 3.38. The van der Waals surface area contributed by atoms with Crippen molar-refractivity contribution in [1.29, 1.82) is 0 Å². The number of carbonyl (C=O) groups excluding carboxylic acids is 2. The number of aliphatic hydroxyl groups excluding tert-OH is 1. The van der Waals surface area contributed by atoms with Crippen molar-refractivity contribution in [3.8, 4) is 10.6 Å². The highest BCUT2D eigenvalue weighted by Crippen LogP contribution is 2.43. The molecule has 3 heterocycles. The number of thiazole rings is 1. The standard InChI is InChI=1S/C26H19N3O3S/c1-16-24(33-25(28-16)17-9-4-2-5-10-17)22(30)20-21(18-11-8-14-27-15-18)29(26(32)23(20)31)19-12-6-3-7-13-19/h2-15,21,31H,1H3. The monoisotopic (exact) mass is 453 g/mol. The topological polar surface area (TPSA) is 83.4 Å². The maximum Gasteiger partial charge on any atom is 0.294 e. The number of nitrogens with zero attached hydrogens (tertiary/aromatic N) is 3. The molecule has 0 bridgehead atoms. The molecule has 0 radical (unpaired) electrons. The van der Waals surface area contributed by atoms with Crippen molar-refractivity contribution < 1.29 is 14.7 Å². The van der Waals surface area contributed by atoms with Gasteiger partial charge in [-0.2, -0.15) is 0 Å². The highest BCUT2D eigenvalue weighted by molar-refractivity contribution is 7.17. The number of aromatic nitrogens is 2. The predicted molar refractivity (Wildman–Crippen MR) is 127 cm³/mol. The molecule has 0 saturated heterocycles. The zero-order valence-electron chi connectivity index (χ0n) is 17.7. The molecule has 1 atom stereocenters. The lowest BCUT2D eigenvalue weighted by Crippen LogP contribution is -2.31. The molecule has 1 aliphatic rings. The number of amides is 1. The third-order valence-electron chi connectivity index (χ3n) is 5.51. The van der Waals surface area contributed by atoms with E-state index in [1.165, 1.54) is 16.2 Å². The summed E-state index contributed by atoms with van der Waals surface area (Å²) in [6, 6.07) is 21.3. The van der Waals surface area contributed by atoms with Crippen LogP contribution in [0, 0.1) is 6.92 Å². The largest absolute Gasteiger partial charge is 0.503 e. The van der Waals surface area contributed by atoms with Crippen molar-refractivity contribution >= 4 is 28.7 Å². The summed E-state index contributed by atoms with van der Waals surface area (Å²) in [5, 5.41) is 11.6. The van der Waals surface area contributed by atoms with Gasteiger partial charge in [-0.3, -0.25) is 19.5 Å². The van der Waals surface area contributed by atoms with Gasteiger partial charge in [-0.15, -0.1) is 11.3 Å². The molecule has 1 unspecified atom stereocenters. The number of aryl methyl sites for hydroxylation is 1. The van der Waals surface area contributed by atoms with Crippen molar-refractivity contribution in [2.75, 3.05) is 4.90 Å². The van der Waals surface area contributed by atoms with Gasteiger partial charge in [0.2, 0.25) is 5.78 Å². The lowest BCUT2D eigenvalue weighted by Gasteiger charge is -2.26.